The zero-order chi connectivity index (χ0) is 9.85. The van der Waals surface area contributed by atoms with Gasteiger partial charge in [0.1, 0.15) is 0 Å². The van der Waals surface area contributed by atoms with Crippen LogP contribution >= 0.6 is 0 Å². The minimum atomic E-state index is 0.384. The number of hydrogen-bond acceptors (Lipinski definition) is 1. The van der Waals surface area contributed by atoms with E-state index in [-0.39, 0.29) is 0 Å². The fourth-order valence-electron chi connectivity index (χ4n) is 4.06. The molecule has 0 unspecified atom stereocenters. The summed E-state index contributed by atoms with van der Waals surface area (Å²) in [6, 6.07) is 0.384. The van der Waals surface area contributed by atoms with Crippen LogP contribution in [0.1, 0.15) is 47.0 Å². The molecule has 0 aromatic heterocycles. The van der Waals surface area contributed by atoms with Crippen LogP contribution in [0.5, 0.6) is 0 Å². The lowest BCUT2D eigenvalue weighted by Crippen LogP contribution is -2.40. The van der Waals surface area contributed by atoms with Crippen LogP contribution in [0, 0.1) is 22.7 Å². The quantitative estimate of drug-likeness (QED) is 0.661. The molecule has 2 saturated carbocycles. The monoisotopic (exact) mass is 181 g/mol. The Hall–Kier alpha value is -0.0400. The smallest absolute Gasteiger partial charge is 0.00442 e. The third-order valence-corrected chi connectivity index (χ3v) is 5.50. The number of hydrogen-bond donors (Lipinski definition) is 1. The standard InChI is InChI=1S/C12H23N/c1-8(13)10-7-9-5-6-12(10,4)11(9,2)3/h8-10H,5-7,13H2,1-4H3/t8-,9+,10+,12+/m1/s1. The highest BCUT2D eigenvalue weighted by molar-refractivity contribution is 5.11. The maximum absolute atomic E-state index is 6.09. The van der Waals surface area contributed by atoms with E-state index in [2.05, 4.69) is 27.7 Å². The molecular weight excluding hydrogens is 158 g/mol. The second kappa shape index (κ2) is 2.50. The molecule has 0 heterocycles. The third-order valence-electron chi connectivity index (χ3n) is 5.50. The molecule has 0 spiro atoms. The van der Waals surface area contributed by atoms with Gasteiger partial charge in [0.05, 0.1) is 0 Å². The van der Waals surface area contributed by atoms with Crippen LogP contribution < -0.4 is 5.73 Å². The van der Waals surface area contributed by atoms with Gasteiger partial charge in [0.15, 0.2) is 0 Å². The fourth-order valence-corrected chi connectivity index (χ4v) is 4.06. The zero-order valence-corrected chi connectivity index (χ0v) is 9.43. The van der Waals surface area contributed by atoms with E-state index >= 15 is 0 Å². The first-order valence-electron chi connectivity index (χ1n) is 5.65. The van der Waals surface area contributed by atoms with Crippen molar-refractivity contribution in [2.24, 2.45) is 28.4 Å². The Labute approximate surface area is 82.1 Å². The van der Waals surface area contributed by atoms with E-state index in [1.54, 1.807) is 0 Å². The molecular formula is C12H23N. The van der Waals surface area contributed by atoms with Gasteiger partial charge >= 0.3 is 0 Å². The number of nitrogens with two attached hydrogens (primary N) is 1. The first kappa shape index (κ1) is 9.51. The van der Waals surface area contributed by atoms with E-state index in [1.807, 2.05) is 0 Å². The van der Waals surface area contributed by atoms with Gasteiger partial charge < -0.3 is 5.73 Å². The van der Waals surface area contributed by atoms with Crippen molar-refractivity contribution in [1.82, 2.24) is 0 Å². The first-order chi connectivity index (χ1) is 5.89. The van der Waals surface area contributed by atoms with Crippen LogP contribution in [0.4, 0.5) is 0 Å². The Morgan fingerprint density at radius 1 is 1.31 bits per heavy atom. The lowest BCUT2D eigenvalue weighted by atomic mass is 9.65. The topological polar surface area (TPSA) is 26.0 Å². The van der Waals surface area contributed by atoms with Gasteiger partial charge in [-0.1, -0.05) is 20.8 Å². The lowest BCUT2D eigenvalue weighted by molar-refractivity contribution is 0.0911. The molecule has 2 aliphatic carbocycles. The van der Waals surface area contributed by atoms with Gasteiger partial charge in [-0.05, 0) is 48.9 Å². The first-order valence-corrected chi connectivity index (χ1v) is 5.65. The average molecular weight is 181 g/mol. The highest BCUT2D eigenvalue weighted by Crippen LogP contribution is 2.68. The maximum atomic E-state index is 6.09. The molecule has 0 saturated heterocycles. The predicted molar refractivity (Wildman–Crippen MR) is 56.4 cm³/mol. The van der Waals surface area contributed by atoms with Crippen LogP contribution in [0.15, 0.2) is 0 Å². The van der Waals surface area contributed by atoms with Gasteiger partial charge in [-0.2, -0.15) is 0 Å². The van der Waals surface area contributed by atoms with Crippen molar-refractivity contribution in [3.05, 3.63) is 0 Å². The molecule has 2 fully saturated rings. The molecule has 2 bridgehead atoms. The van der Waals surface area contributed by atoms with Crippen LogP contribution in [0.3, 0.4) is 0 Å². The van der Waals surface area contributed by atoms with Crippen LogP contribution in [-0.2, 0) is 0 Å². The highest BCUT2D eigenvalue weighted by Gasteiger charge is 2.61. The predicted octanol–water partition coefficient (Wildman–Crippen LogP) is 2.80. The molecule has 1 nitrogen and oxygen atoms in total. The molecule has 2 aliphatic rings. The summed E-state index contributed by atoms with van der Waals surface area (Å²) < 4.78 is 0. The van der Waals surface area contributed by atoms with E-state index in [0.29, 0.717) is 16.9 Å². The minimum Gasteiger partial charge on any atom is -0.328 e. The normalized spacial score (nSPS) is 49.6. The van der Waals surface area contributed by atoms with Crippen molar-refractivity contribution in [1.29, 1.82) is 0 Å². The summed E-state index contributed by atoms with van der Waals surface area (Å²) in [5.41, 5.74) is 7.14. The molecule has 4 atom stereocenters. The number of rotatable bonds is 1. The van der Waals surface area contributed by atoms with Gasteiger partial charge in [0.25, 0.3) is 0 Å². The van der Waals surface area contributed by atoms with Gasteiger partial charge in [0, 0.05) is 6.04 Å². The average Bonchev–Trinajstić information content (AvgIpc) is 2.34. The summed E-state index contributed by atoms with van der Waals surface area (Å²) in [7, 11) is 0. The van der Waals surface area contributed by atoms with Crippen molar-refractivity contribution >= 4 is 0 Å². The summed E-state index contributed by atoms with van der Waals surface area (Å²) >= 11 is 0. The summed E-state index contributed by atoms with van der Waals surface area (Å²) in [5.74, 6) is 1.70. The summed E-state index contributed by atoms with van der Waals surface area (Å²) in [5, 5.41) is 0. The van der Waals surface area contributed by atoms with Crippen LogP contribution in [0.25, 0.3) is 0 Å². The zero-order valence-electron chi connectivity index (χ0n) is 9.43. The van der Waals surface area contributed by atoms with E-state index in [9.17, 15) is 0 Å². The molecule has 2 rings (SSSR count). The van der Waals surface area contributed by atoms with Crippen molar-refractivity contribution in [3.63, 3.8) is 0 Å². The van der Waals surface area contributed by atoms with Crippen molar-refractivity contribution in [3.8, 4) is 0 Å². The Morgan fingerprint density at radius 3 is 2.15 bits per heavy atom. The third kappa shape index (κ3) is 0.971. The summed E-state index contributed by atoms with van der Waals surface area (Å²) in [6.45, 7) is 9.56. The highest BCUT2D eigenvalue weighted by atomic mass is 14.7. The van der Waals surface area contributed by atoms with Gasteiger partial charge in [-0.3, -0.25) is 0 Å². The SMILES string of the molecule is C[C@@H](N)[C@@H]1C[C@@H]2CC[C@]1(C)C2(C)C. The van der Waals surface area contributed by atoms with Crippen molar-refractivity contribution < 1.29 is 0 Å². The van der Waals surface area contributed by atoms with E-state index in [0.717, 1.165) is 11.8 Å². The molecule has 1 heteroatoms. The van der Waals surface area contributed by atoms with Gasteiger partial charge in [-0.25, -0.2) is 0 Å². The molecule has 13 heavy (non-hydrogen) atoms. The van der Waals surface area contributed by atoms with E-state index in [4.69, 9.17) is 5.73 Å². The second-order valence-corrected chi connectivity index (χ2v) is 6.08. The second-order valence-electron chi connectivity index (χ2n) is 6.08. The molecule has 0 amide bonds. The largest absolute Gasteiger partial charge is 0.328 e. The molecule has 2 N–H and O–H groups in total. The Morgan fingerprint density at radius 2 is 1.92 bits per heavy atom. The maximum Gasteiger partial charge on any atom is 0.00442 e. The van der Waals surface area contributed by atoms with Gasteiger partial charge in [-0.15, -0.1) is 0 Å². The molecule has 0 aromatic rings. The van der Waals surface area contributed by atoms with E-state index < -0.39 is 0 Å². The molecule has 76 valence electrons. The molecule has 0 aromatic carbocycles. The van der Waals surface area contributed by atoms with Gasteiger partial charge in [0.2, 0.25) is 0 Å². The lowest BCUT2D eigenvalue weighted by Gasteiger charge is -2.41. The van der Waals surface area contributed by atoms with Crippen LogP contribution in [0.2, 0.25) is 0 Å². The fraction of sp³-hybridized carbons (Fsp3) is 1.00. The Kier molecular flexibility index (Phi) is 1.83. The Bertz CT molecular complexity index is 219. The van der Waals surface area contributed by atoms with Crippen molar-refractivity contribution in [2.75, 3.05) is 0 Å². The molecule has 0 radical (unpaired) electrons. The number of fused-ring (bicyclic) bond motifs is 2. The summed E-state index contributed by atoms with van der Waals surface area (Å²) in [4.78, 5) is 0. The van der Waals surface area contributed by atoms with Crippen molar-refractivity contribution in [2.45, 2.75) is 53.0 Å². The molecule has 0 aliphatic heterocycles. The van der Waals surface area contributed by atoms with E-state index in [1.165, 1.54) is 19.3 Å². The summed E-state index contributed by atoms with van der Waals surface area (Å²) in [6.07, 6.45) is 4.21. The Balaban J connectivity index is 2.33. The van der Waals surface area contributed by atoms with Crippen LogP contribution in [-0.4, -0.2) is 6.04 Å². The minimum absolute atomic E-state index is 0.384.